The molecule has 1 saturated carbocycles. The van der Waals surface area contributed by atoms with Crippen LogP contribution in [0.15, 0.2) is 24.3 Å². The summed E-state index contributed by atoms with van der Waals surface area (Å²) < 4.78 is 6.20. The molecule has 1 aliphatic rings. The zero-order valence-electron chi connectivity index (χ0n) is 11.3. The lowest BCUT2D eigenvalue weighted by molar-refractivity contribution is 0.0997. The van der Waals surface area contributed by atoms with Crippen LogP contribution in [0.1, 0.15) is 45.6 Å². The highest BCUT2D eigenvalue weighted by molar-refractivity contribution is 5.33. The van der Waals surface area contributed by atoms with Crippen molar-refractivity contribution in [3.05, 3.63) is 29.8 Å². The van der Waals surface area contributed by atoms with E-state index in [0.717, 1.165) is 24.0 Å². The normalized spacial score (nSPS) is 29.0. The molecule has 0 amide bonds. The summed E-state index contributed by atoms with van der Waals surface area (Å²) >= 11 is 0. The van der Waals surface area contributed by atoms with Crippen LogP contribution in [-0.4, -0.2) is 6.10 Å². The fourth-order valence-electron chi connectivity index (χ4n) is 2.70. The van der Waals surface area contributed by atoms with Crippen molar-refractivity contribution in [1.82, 2.24) is 0 Å². The van der Waals surface area contributed by atoms with Gasteiger partial charge in [0.15, 0.2) is 0 Å². The Morgan fingerprint density at radius 1 is 1.12 bits per heavy atom. The first-order valence-electron chi connectivity index (χ1n) is 6.95. The Hall–Kier alpha value is -0.980. The van der Waals surface area contributed by atoms with Crippen molar-refractivity contribution in [2.24, 2.45) is 11.8 Å². The van der Waals surface area contributed by atoms with E-state index >= 15 is 0 Å². The van der Waals surface area contributed by atoms with E-state index in [1.54, 1.807) is 0 Å². The molecule has 1 nitrogen and oxygen atoms in total. The first kappa shape index (κ1) is 12.5. The predicted molar refractivity (Wildman–Crippen MR) is 72.4 cm³/mol. The number of para-hydroxylation sites is 1. The molecule has 0 bridgehead atoms. The smallest absolute Gasteiger partial charge is 0.122 e. The van der Waals surface area contributed by atoms with Crippen LogP contribution in [-0.2, 0) is 6.42 Å². The lowest BCUT2D eigenvalue weighted by Gasteiger charge is -2.32. The van der Waals surface area contributed by atoms with Gasteiger partial charge in [-0.15, -0.1) is 0 Å². The maximum Gasteiger partial charge on any atom is 0.122 e. The van der Waals surface area contributed by atoms with Crippen molar-refractivity contribution >= 4 is 0 Å². The number of hydrogen-bond acceptors (Lipinski definition) is 1. The molecule has 2 rings (SSSR count). The van der Waals surface area contributed by atoms with Crippen molar-refractivity contribution in [2.75, 3.05) is 0 Å². The average molecular weight is 232 g/mol. The van der Waals surface area contributed by atoms with Gasteiger partial charge in [-0.3, -0.25) is 0 Å². The first-order chi connectivity index (χ1) is 8.20. The highest BCUT2D eigenvalue weighted by atomic mass is 16.5. The zero-order valence-corrected chi connectivity index (χ0v) is 11.3. The zero-order chi connectivity index (χ0) is 12.3. The molecule has 94 valence electrons. The summed E-state index contributed by atoms with van der Waals surface area (Å²) in [6, 6.07) is 8.45. The van der Waals surface area contributed by atoms with E-state index in [1.807, 2.05) is 0 Å². The largest absolute Gasteiger partial charge is 0.490 e. The molecule has 1 aromatic rings. The Labute approximate surface area is 105 Å². The van der Waals surface area contributed by atoms with Gasteiger partial charge < -0.3 is 4.74 Å². The standard InChI is InChI=1S/C16H24O/c1-4-14-7-5-6-8-16(14)17-15-10-9-12(2)13(3)11-15/h5-8,12-13,15H,4,9-11H2,1-3H3. The molecule has 0 aliphatic heterocycles. The van der Waals surface area contributed by atoms with Gasteiger partial charge in [-0.2, -0.15) is 0 Å². The van der Waals surface area contributed by atoms with Crippen molar-refractivity contribution < 1.29 is 4.74 Å². The lowest BCUT2D eigenvalue weighted by Crippen LogP contribution is -2.29. The van der Waals surface area contributed by atoms with E-state index < -0.39 is 0 Å². The third-order valence-electron chi connectivity index (χ3n) is 4.20. The van der Waals surface area contributed by atoms with Crippen LogP contribution in [0.4, 0.5) is 0 Å². The molecule has 3 atom stereocenters. The SMILES string of the molecule is CCc1ccccc1OC1CCC(C)C(C)C1. The second-order valence-electron chi connectivity index (χ2n) is 5.47. The van der Waals surface area contributed by atoms with Crippen LogP contribution in [0.2, 0.25) is 0 Å². The third kappa shape index (κ3) is 3.02. The molecule has 0 radical (unpaired) electrons. The van der Waals surface area contributed by atoms with Gasteiger partial charge in [0.25, 0.3) is 0 Å². The van der Waals surface area contributed by atoms with Gasteiger partial charge in [0, 0.05) is 0 Å². The van der Waals surface area contributed by atoms with Gasteiger partial charge in [-0.05, 0) is 49.1 Å². The Morgan fingerprint density at radius 2 is 1.88 bits per heavy atom. The fraction of sp³-hybridized carbons (Fsp3) is 0.625. The molecule has 1 aromatic carbocycles. The molecule has 0 saturated heterocycles. The van der Waals surface area contributed by atoms with E-state index in [2.05, 4.69) is 45.0 Å². The fourth-order valence-corrected chi connectivity index (χ4v) is 2.70. The minimum Gasteiger partial charge on any atom is -0.490 e. The number of ether oxygens (including phenoxy) is 1. The summed E-state index contributed by atoms with van der Waals surface area (Å²) in [5, 5.41) is 0. The van der Waals surface area contributed by atoms with Gasteiger partial charge in [-0.1, -0.05) is 39.0 Å². The molecular weight excluding hydrogens is 208 g/mol. The minimum atomic E-state index is 0.425. The molecule has 0 heterocycles. The maximum absolute atomic E-state index is 6.20. The summed E-state index contributed by atoms with van der Waals surface area (Å²) in [6.07, 6.45) is 5.20. The van der Waals surface area contributed by atoms with Crippen LogP contribution in [0, 0.1) is 11.8 Å². The summed E-state index contributed by atoms with van der Waals surface area (Å²) in [4.78, 5) is 0. The number of rotatable bonds is 3. The Balaban J connectivity index is 2.01. The quantitative estimate of drug-likeness (QED) is 0.748. The highest BCUT2D eigenvalue weighted by Crippen LogP contribution is 2.32. The molecule has 1 fully saturated rings. The van der Waals surface area contributed by atoms with Crippen LogP contribution in [0.25, 0.3) is 0 Å². The van der Waals surface area contributed by atoms with Gasteiger partial charge in [-0.25, -0.2) is 0 Å². The van der Waals surface area contributed by atoms with Crippen molar-refractivity contribution in [1.29, 1.82) is 0 Å². The van der Waals surface area contributed by atoms with Gasteiger partial charge >= 0.3 is 0 Å². The summed E-state index contributed by atoms with van der Waals surface area (Å²) in [5.41, 5.74) is 1.33. The molecule has 0 spiro atoms. The van der Waals surface area contributed by atoms with E-state index in [4.69, 9.17) is 4.74 Å². The van der Waals surface area contributed by atoms with Gasteiger partial charge in [0.05, 0.1) is 6.10 Å². The van der Waals surface area contributed by atoms with Crippen molar-refractivity contribution in [3.63, 3.8) is 0 Å². The topological polar surface area (TPSA) is 9.23 Å². The lowest BCUT2D eigenvalue weighted by atomic mass is 9.80. The van der Waals surface area contributed by atoms with Gasteiger partial charge in [0.1, 0.15) is 5.75 Å². The van der Waals surface area contributed by atoms with Crippen molar-refractivity contribution in [2.45, 2.75) is 52.6 Å². The van der Waals surface area contributed by atoms with Gasteiger partial charge in [0.2, 0.25) is 0 Å². The third-order valence-corrected chi connectivity index (χ3v) is 4.20. The molecule has 1 heteroatoms. The van der Waals surface area contributed by atoms with E-state index in [-0.39, 0.29) is 0 Å². The Kier molecular flexibility index (Phi) is 4.09. The van der Waals surface area contributed by atoms with Crippen molar-refractivity contribution in [3.8, 4) is 5.75 Å². The molecule has 0 N–H and O–H groups in total. The molecule has 3 unspecified atom stereocenters. The van der Waals surface area contributed by atoms with Crippen LogP contribution in [0.3, 0.4) is 0 Å². The van der Waals surface area contributed by atoms with E-state index in [0.29, 0.717) is 6.10 Å². The van der Waals surface area contributed by atoms with E-state index in [9.17, 15) is 0 Å². The number of hydrogen-bond donors (Lipinski definition) is 0. The average Bonchev–Trinajstić information content (AvgIpc) is 2.34. The Morgan fingerprint density at radius 3 is 2.59 bits per heavy atom. The molecule has 1 aliphatic carbocycles. The second kappa shape index (κ2) is 5.57. The highest BCUT2D eigenvalue weighted by Gasteiger charge is 2.25. The summed E-state index contributed by atoms with van der Waals surface area (Å²) in [6.45, 7) is 6.90. The van der Waals surface area contributed by atoms with Crippen LogP contribution < -0.4 is 4.74 Å². The first-order valence-corrected chi connectivity index (χ1v) is 6.95. The molecule has 17 heavy (non-hydrogen) atoms. The molecular formula is C16H24O. The van der Waals surface area contributed by atoms with Crippen LogP contribution >= 0.6 is 0 Å². The monoisotopic (exact) mass is 232 g/mol. The summed E-state index contributed by atoms with van der Waals surface area (Å²) in [7, 11) is 0. The maximum atomic E-state index is 6.20. The predicted octanol–water partition coefficient (Wildman–Crippen LogP) is 4.45. The van der Waals surface area contributed by atoms with Crippen LogP contribution in [0.5, 0.6) is 5.75 Å². The second-order valence-corrected chi connectivity index (χ2v) is 5.47. The number of benzene rings is 1. The van der Waals surface area contributed by atoms with E-state index in [1.165, 1.54) is 24.8 Å². The molecule has 0 aromatic heterocycles. The summed E-state index contributed by atoms with van der Waals surface area (Å²) in [5.74, 6) is 2.75. The minimum absolute atomic E-state index is 0.425. The number of aryl methyl sites for hydroxylation is 1. The Bertz CT molecular complexity index is 358.